The Bertz CT molecular complexity index is 861. The van der Waals surface area contributed by atoms with E-state index in [9.17, 15) is 22.4 Å². The van der Waals surface area contributed by atoms with Gasteiger partial charge in [-0.05, 0) is 39.1 Å². The van der Waals surface area contributed by atoms with Gasteiger partial charge in [0, 0.05) is 29.1 Å². The summed E-state index contributed by atoms with van der Waals surface area (Å²) in [5.74, 6) is -6.89. The molecule has 2 aromatic rings. The summed E-state index contributed by atoms with van der Waals surface area (Å²) in [6.07, 6.45) is -0.227. The first kappa shape index (κ1) is 22.4. The van der Waals surface area contributed by atoms with Gasteiger partial charge in [-0.1, -0.05) is 36.7 Å². The summed E-state index contributed by atoms with van der Waals surface area (Å²) in [7, 11) is 3.47. The van der Waals surface area contributed by atoms with Gasteiger partial charge < -0.3 is 4.90 Å². The van der Waals surface area contributed by atoms with Gasteiger partial charge >= 0.3 is 0 Å². The number of carbonyl (C=O) groups is 1. The third-order valence-corrected chi connectivity index (χ3v) is 5.48. The van der Waals surface area contributed by atoms with E-state index in [4.69, 9.17) is 11.6 Å². The second-order valence-electron chi connectivity index (χ2n) is 7.02. The Morgan fingerprint density at radius 3 is 2.11 bits per heavy atom. The monoisotopic (exact) mass is 415 g/mol. The number of rotatable bonds is 7. The van der Waals surface area contributed by atoms with Gasteiger partial charge in [0.25, 0.3) is 0 Å². The molecule has 0 radical (unpaired) electrons. The van der Waals surface area contributed by atoms with E-state index in [0.29, 0.717) is 0 Å². The zero-order valence-corrected chi connectivity index (χ0v) is 16.9. The molecule has 0 bridgehead atoms. The van der Waals surface area contributed by atoms with Crippen molar-refractivity contribution in [2.75, 3.05) is 14.1 Å². The van der Waals surface area contributed by atoms with E-state index in [-0.39, 0.29) is 35.5 Å². The molecule has 0 unspecified atom stereocenters. The molecule has 2 aromatic carbocycles. The highest BCUT2D eigenvalue weighted by Gasteiger charge is 2.48. The fourth-order valence-corrected chi connectivity index (χ4v) is 3.73. The van der Waals surface area contributed by atoms with Crippen LogP contribution < -0.4 is 0 Å². The Morgan fingerprint density at radius 1 is 1.11 bits per heavy atom. The molecule has 2 atom stereocenters. The highest BCUT2D eigenvalue weighted by Crippen LogP contribution is 2.45. The number of nitrogens with zero attached hydrogens (tertiary/aromatic N) is 1. The minimum atomic E-state index is -1.99. The van der Waals surface area contributed by atoms with Crippen LogP contribution in [0.2, 0.25) is 5.02 Å². The third-order valence-electron chi connectivity index (χ3n) is 5.15. The Balaban J connectivity index is 3.02. The van der Waals surface area contributed by atoms with Gasteiger partial charge in [0.15, 0.2) is 23.3 Å². The minimum Gasteiger partial charge on any atom is -0.307 e. The van der Waals surface area contributed by atoms with E-state index >= 15 is 0 Å². The average molecular weight is 416 g/mol. The number of hydrogen-bond donors (Lipinski definition) is 0. The van der Waals surface area contributed by atoms with Crippen molar-refractivity contribution in [3.05, 3.63) is 69.8 Å². The van der Waals surface area contributed by atoms with Crippen molar-refractivity contribution >= 4 is 17.4 Å². The first-order chi connectivity index (χ1) is 13.1. The van der Waals surface area contributed by atoms with Crippen LogP contribution in [-0.4, -0.2) is 30.8 Å². The van der Waals surface area contributed by atoms with Crippen molar-refractivity contribution in [3.63, 3.8) is 0 Å². The number of benzene rings is 2. The van der Waals surface area contributed by atoms with Gasteiger partial charge in [-0.25, -0.2) is 17.6 Å². The van der Waals surface area contributed by atoms with E-state index < -0.39 is 40.0 Å². The van der Waals surface area contributed by atoms with Crippen molar-refractivity contribution in [3.8, 4) is 0 Å². The lowest BCUT2D eigenvalue weighted by Gasteiger charge is -2.38. The molecule has 2 nitrogen and oxygen atoms in total. The second kappa shape index (κ2) is 8.62. The number of hydrogen-bond acceptors (Lipinski definition) is 2. The summed E-state index contributed by atoms with van der Waals surface area (Å²) >= 11 is 6.31. The Hall–Kier alpha value is -1.92. The van der Waals surface area contributed by atoms with E-state index in [1.54, 1.807) is 38.1 Å². The molecular weight excluding hydrogens is 394 g/mol. The van der Waals surface area contributed by atoms with Crippen LogP contribution in [0.15, 0.2) is 30.3 Å². The van der Waals surface area contributed by atoms with E-state index in [0.717, 1.165) is 0 Å². The molecule has 0 amide bonds. The van der Waals surface area contributed by atoms with Crippen LogP contribution in [0, 0.1) is 23.3 Å². The lowest BCUT2D eigenvalue weighted by Crippen LogP contribution is -2.44. The molecule has 0 heterocycles. The van der Waals surface area contributed by atoms with Gasteiger partial charge in [0.1, 0.15) is 5.78 Å². The summed E-state index contributed by atoms with van der Waals surface area (Å²) in [5.41, 5.74) is -2.83. The molecule has 0 saturated carbocycles. The fraction of sp³-hybridized carbons (Fsp3) is 0.381. The molecule has 0 aromatic heterocycles. The van der Waals surface area contributed by atoms with Crippen LogP contribution in [0.5, 0.6) is 0 Å². The molecule has 7 heteroatoms. The molecule has 152 valence electrons. The van der Waals surface area contributed by atoms with Crippen LogP contribution in [-0.2, 0) is 10.2 Å². The maximum atomic E-state index is 14.9. The maximum absolute atomic E-state index is 14.9. The molecule has 0 fully saturated rings. The molecule has 2 rings (SSSR count). The molecule has 0 N–H and O–H groups in total. The average Bonchev–Trinajstić information content (AvgIpc) is 2.65. The van der Waals surface area contributed by atoms with Gasteiger partial charge in [0.05, 0.1) is 5.41 Å². The summed E-state index contributed by atoms with van der Waals surface area (Å²) in [4.78, 5) is 15.0. The van der Waals surface area contributed by atoms with Crippen molar-refractivity contribution in [2.24, 2.45) is 0 Å². The lowest BCUT2D eigenvalue weighted by molar-refractivity contribution is -0.123. The van der Waals surface area contributed by atoms with Crippen LogP contribution >= 0.6 is 11.6 Å². The highest BCUT2D eigenvalue weighted by molar-refractivity contribution is 6.32. The molecule has 0 aliphatic rings. The van der Waals surface area contributed by atoms with Crippen LogP contribution in [0.3, 0.4) is 0 Å². The van der Waals surface area contributed by atoms with Crippen molar-refractivity contribution in [1.29, 1.82) is 0 Å². The molecular formula is C21H22ClF4NO. The first-order valence-electron chi connectivity index (χ1n) is 8.86. The third kappa shape index (κ3) is 3.80. The van der Waals surface area contributed by atoms with Crippen LogP contribution in [0.1, 0.15) is 37.8 Å². The zero-order valence-electron chi connectivity index (χ0n) is 16.1. The molecule has 0 aliphatic carbocycles. The number of Topliss-reactive ketones (excluding diaryl/α,β-unsaturated/α-hetero) is 1. The van der Waals surface area contributed by atoms with Crippen molar-refractivity contribution in [1.82, 2.24) is 4.90 Å². The molecule has 0 saturated heterocycles. The number of carbonyl (C=O) groups excluding carboxylic acids is 1. The summed E-state index contributed by atoms with van der Waals surface area (Å²) < 4.78 is 58.0. The van der Waals surface area contributed by atoms with Gasteiger partial charge in [-0.3, -0.25) is 4.79 Å². The predicted molar refractivity (Wildman–Crippen MR) is 102 cm³/mol. The van der Waals surface area contributed by atoms with Crippen molar-refractivity contribution in [2.45, 2.75) is 38.1 Å². The topological polar surface area (TPSA) is 20.3 Å². The van der Waals surface area contributed by atoms with Crippen molar-refractivity contribution < 1.29 is 22.4 Å². The van der Waals surface area contributed by atoms with E-state index in [2.05, 4.69) is 0 Å². The standard InChI is InChI=1S/C21H22ClF4NO/c1-5-17(28)21(11-12(2)27(3)4,13-8-6-7-9-14(13)22)18-19(25)15(23)10-16(24)20(18)26/h6-10,12H,5,11H2,1-4H3/t12-,21-/m0/s1. The quantitative estimate of drug-likeness (QED) is 0.439. The second-order valence-corrected chi connectivity index (χ2v) is 7.43. The fourth-order valence-electron chi connectivity index (χ4n) is 3.43. The summed E-state index contributed by atoms with van der Waals surface area (Å²) in [6.45, 7) is 3.28. The molecule has 0 spiro atoms. The zero-order chi connectivity index (χ0) is 21.2. The van der Waals surface area contributed by atoms with E-state index in [1.807, 2.05) is 0 Å². The molecule has 28 heavy (non-hydrogen) atoms. The lowest BCUT2D eigenvalue weighted by atomic mass is 9.66. The van der Waals surface area contributed by atoms with Crippen LogP contribution in [0.4, 0.5) is 17.6 Å². The van der Waals surface area contributed by atoms with E-state index in [1.165, 1.54) is 19.1 Å². The first-order valence-corrected chi connectivity index (χ1v) is 9.23. The van der Waals surface area contributed by atoms with Gasteiger partial charge in [0.2, 0.25) is 0 Å². The minimum absolute atomic E-state index is 0.0822. The largest absolute Gasteiger partial charge is 0.307 e. The smallest absolute Gasteiger partial charge is 0.166 e. The summed E-state index contributed by atoms with van der Waals surface area (Å²) in [5, 5.41) is 0.0822. The predicted octanol–water partition coefficient (Wildman–Crippen LogP) is 5.50. The number of halogens is 5. The molecule has 0 aliphatic heterocycles. The van der Waals surface area contributed by atoms with Gasteiger partial charge in [-0.15, -0.1) is 0 Å². The van der Waals surface area contributed by atoms with Crippen LogP contribution in [0.25, 0.3) is 0 Å². The maximum Gasteiger partial charge on any atom is 0.166 e. The Kier molecular flexibility index (Phi) is 6.88. The number of ketones is 1. The Labute approximate surface area is 167 Å². The normalized spacial score (nSPS) is 14.8. The highest BCUT2D eigenvalue weighted by atomic mass is 35.5. The van der Waals surface area contributed by atoms with Gasteiger partial charge in [-0.2, -0.15) is 0 Å². The summed E-state index contributed by atoms with van der Waals surface area (Å²) in [6, 6.07) is 5.86. The SMILES string of the molecule is CCC(=O)[C@](C[C@H](C)N(C)C)(c1ccccc1Cl)c1c(F)c(F)cc(F)c1F. The Morgan fingerprint density at radius 2 is 1.64 bits per heavy atom.